The second kappa shape index (κ2) is 62.9. The van der Waals surface area contributed by atoms with Gasteiger partial charge in [0.15, 0.2) is 6.10 Å². The fraction of sp³-hybridized carbons (Fsp3) is 0.838. The smallest absolute Gasteiger partial charge is 0.306 e. The van der Waals surface area contributed by atoms with Crippen molar-refractivity contribution in [2.24, 2.45) is 0 Å². The van der Waals surface area contributed by atoms with E-state index >= 15 is 0 Å². The maximum absolute atomic E-state index is 12.9. The third-order valence-electron chi connectivity index (χ3n) is 14.6. The maximum atomic E-state index is 12.9. The van der Waals surface area contributed by atoms with Gasteiger partial charge in [0.05, 0.1) is 0 Å². The first-order valence-corrected chi connectivity index (χ1v) is 32.6. The molecule has 0 aliphatic carbocycles. The molecule has 0 amide bonds. The summed E-state index contributed by atoms with van der Waals surface area (Å²) in [7, 11) is 0. The minimum Gasteiger partial charge on any atom is -0.462 e. The average molecular weight is 1040 g/mol. The number of unbranched alkanes of at least 4 members (excludes halogenated alkanes) is 41. The normalized spacial score (nSPS) is 12.3. The van der Waals surface area contributed by atoms with Crippen LogP contribution in [0.5, 0.6) is 0 Å². The van der Waals surface area contributed by atoms with Gasteiger partial charge in [-0.3, -0.25) is 14.4 Å². The van der Waals surface area contributed by atoms with Gasteiger partial charge in [0, 0.05) is 19.3 Å². The molecule has 0 fully saturated rings. The van der Waals surface area contributed by atoms with E-state index < -0.39 is 6.10 Å². The Bertz CT molecular complexity index is 1280. The van der Waals surface area contributed by atoms with Crippen molar-refractivity contribution in [1.29, 1.82) is 0 Å². The van der Waals surface area contributed by atoms with E-state index in [1.54, 1.807) is 0 Å². The third-order valence-corrected chi connectivity index (χ3v) is 14.6. The number of carbonyl (C=O) groups excluding carboxylic acids is 3. The minimum atomic E-state index is -0.779. The summed E-state index contributed by atoms with van der Waals surface area (Å²) in [6.45, 7) is 6.66. The fourth-order valence-corrected chi connectivity index (χ4v) is 9.62. The molecule has 0 aromatic carbocycles. The number of ether oxygens (including phenoxy) is 3. The Morgan fingerprint density at radius 2 is 0.486 bits per heavy atom. The Kier molecular flexibility index (Phi) is 60.7. The lowest BCUT2D eigenvalue weighted by Gasteiger charge is -2.18. The quantitative estimate of drug-likeness (QED) is 0.0261. The highest BCUT2D eigenvalue weighted by Gasteiger charge is 2.19. The zero-order valence-electron chi connectivity index (χ0n) is 49.6. The SMILES string of the molecule is CCCCCCC/C=C\C/C=C\C/C=C\CCCCCCCCC(=O)OC(COC(=O)CCCCCCCCCCCCCC)COC(=O)CCCCCCCCCCCCC/C=C\CCCCCCCCCC. The van der Waals surface area contributed by atoms with E-state index in [-0.39, 0.29) is 31.1 Å². The topological polar surface area (TPSA) is 78.9 Å². The van der Waals surface area contributed by atoms with Gasteiger partial charge in [-0.25, -0.2) is 0 Å². The third kappa shape index (κ3) is 60.2. The number of hydrogen-bond acceptors (Lipinski definition) is 6. The van der Waals surface area contributed by atoms with Crippen molar-refractivity contribution in [3.8, 4) is 0 Å². The molecule has 0 saturated carbocycles. The molecule has 1 unspecified atom stereocenters. The van der Waals surface area contributed by atoms with Crippen molar-refractivity contribution in [2.75, 3.05) is 13.2 Å². The summed E-state index contributed by atoms with van der Waals surface area (Å²) < 4.78 is 16.9. The molecule has 1 atom stereocenters. The van der Waals surface area contributed by atoms with Crippen LogP contribution in [0.25, 0.3) is 0 Å². The van der Waals surface area contributed by atoms with E-state index in [1.165, 1.54) is 231 Å². The predicted molar refractivity (Wildman–Crippen MR) is 321 cm³/mol. The van der Waals surface area contributed by atoms with Gasteiger partial charge in [-0.2, -0.15) is 0 Å². The van der Waals surface area contributed by atoms with E-state index in [4.69, 9.17) is 14.2 Å². The van der Waals surface area contributed by atoms with Crippen LogP contribution in [-0.4, -0.2) is 37.2 Å². The number of carbonyl (C=O) groups is 3. The molecule has 0 spiro atoms. The van der Waals surface area contributed by atoms with E-state index in [9.17, 15) is 14.4 Å². The second-order valence-electron chi connectivity index (χ2n) is 22.0. The summed E-state index contributed by atoms with van der Waals surface area (Å²) in [6, 6.07) is 0. The number of rotatable bonds is 60. The summed E-state index contributed by atoms with van der Waals surface area (Å²) in [4.78, 5) is 38.3. The van der Waals surface area contributed by atoms with Crippen molar-refractivity contribution in [2.45, 2.75) is 354 Å². The van der Waals surface area contributed by atoms with Crippen LogP contribution in [0.15, 0.2) is 48.6 Å². The Labute approximate surface area is 460 Å². The first-order chi connectivity index (χ1) is 36.5. The first-order valence-electron chi connectivity index (χ1n) is 32.6. The van der Waals surface area contributed by atoms with Gasteiger partial charge in [0.2, 0.25) is 0 Å². The molecule has 0 aliphatic heterocycles. The molecule has 0 heterocycles. The van der Waals surface area contributed by atoms with Gasteiger partial charge in [-0.1, -0.05) is 294 Å². The van der Waals surface area contributed by atoms with Gasteiger partial charge < -0.3 is 14.2 Å². The highest BCUT2D eigenvalue weighted by atomic mass is 16.6. The molecule has 432 valence electrons. The lowest BCUT2D eigenvalue weighted by Crippen LogP contribution is -2.30. The van der Waals surface area contributed by atoms with Crippen LogP contribution in [-0.2, 0) is 28.6 Å². The van der Waals surface area contributed by atoms with Crippen molar-refractivity contribution < 1.29 is 28.6 Å². The van der Waals surface area contributed by atoms with E-state index in [0.717, 1.165) is 77.0 Å². The molecule has 0 saturated heterocycles. The molecule has 6 nitrogen and oxygen atoms in total. The van der Waals surface area contributed by atoms with Gasteiger partial charge in [-0.15, -0.1) is 0 Å². The standard InChI is InChI=1S/C68H124O6/c1-4-7-10-13-16-19-22-25-27-29-31-33-34-36-37-39-41-43-46-49-52-55-58-61-67(70)73-64-65(63-72-66(69)60-57-54-51-48-45-24-21-18-15-12-9-6-3)74-68(71)62-59-56-53-50-47-44-42-40-38-35-32-30-28-26-23-20-17-14-11-8-5-2/h23,26,29-32,38,40,65H,4-22,24-25,27-28,33-37,39,41-64H2,1-3H3/b26-23-,31-29-,32-30-,40-38-. The number of hydrogen-bond donors (Lipinski definition) is 0. The maximum Gasteiger partial charge on any atom is 0.306 e. The van der Waals surface area contributed by atoms with Crippen LogP contribution < -0.4 is 0 Å². The lowest BCUT2D eigenvalue weighted by molar-refractivity contribution is -0.167. The van der Waals surface area contributed by atoms with Crippen LogP contribution in [0.1, 0.15) is 348 Å². The van der Waals surface area contributed by atoms with Gasteiger partial charge >= 0.3 is 17.9 Å². The van der Waals surface area contributed by atoms with Crippen molar-refractivity contribution in [3.63, 3.8) is 0 Å². The molecule has 0 aromatic rings. The van der Waals surface area contributed by atoms with E-state index in [0.29, 0.717) is 19.3 Å². The van der Waals surface area contributed by atoms with Gasteiger partial charge in [-0.05, 0) is 83.5 Å². The van der Waals surface area contributed by atoms with Gasteiger partial charge in [0.25, 0.3) is 0 Å². The zero-order chi connectivity index (χ0) is 53.6. The Balaban J connectivity index is 4.30. The van der Waals surface area contributed by atoms with E-state index in [1.807, 2.05) is 0 Å². The van der Waals surface area contributed by atoms with Crippen LogP contribution in [0.3, 0.4) is 0 Å². The summed E-state index contributed by atoms with van der Waals surface area (Å²) in [5, 5.41) is 0. The number of esters is 3. The summed E-state index contributed by atoms with van der Waals surface area (Å²) in [5.41, 5.74) is 0. The fourth-order valence-electron chi connectivity index (χ4n) is 9.62. The van der Waals surface area contributed by atoms with Crippen LogP contribution >= 0.6 is 0 Å². The zero-order valence-corrected chi connectivity index (χ0v) is 49.6. The monoisotopic (exact) mass is 1040 g/mol. The van der Waals surface area contributed by atoms with Crippen molar-refractivity contribution in [1.82, 2.24) is 0 Å². The Morgan fingerprint density at radius 3 is 0.770 bits per heavy atom. The highest BCUT2D eigenvalue weighted by Crippen LogP contribution is 2.17. The molecule has 0 N–H and O–H groups in total. The Hall–Kier alpha value is -2.63. The average Bonchev–Trinajstić information content (AvgIpc) is 3.40. The molecule has 0 rings (SSSR count). The molecule has 0 aromatic heterocycles. The molecule has 74 heavy (non-hydrogen) atoms. The molecule has 6 heteroatoms. The van der Waals surface area contributed by atoms with Crippen LogP contribution in [0.2, 0.25) is 0 Å². The molecule has 0 radical (unpaired) electrons. The second-order valence-corrected chi connectivity index (χ2v) is 22.0. The van der Waals surface area contributed by atoms with Crippen molar-refractivity contribution >= 4 is 17.9 Å². The Morgan fingerprint density at radius 1 is 0.270 bits per heavy atom. The molecular formula is C68H124O6. The van der Waals surface area contributed by atoms with E-state index in [2.05, 4.69) is 69.4 Å². The summed E-state index contributed by atoms with van der Waals surface area (Å²) in [5.74, 6) is -0.869. The predicted octanol–water partition coefficient (Wildman–Crippen LogP) is 22.2. The van der Waals surface area contributed by atoms with Crippen molar-refractivity contribution in [3.05, 3.63) is 48.6 Å². The molecule has 0 bridgehead atoms. The largest absolute Gasteiger partial charge is 0.462 e. The summed E-state index contributed by atoms with van der Waals surface area (Å²) in [6.07, 6.45) is 78.3. The lowest BCUT2D eigenvalue weighted by atomic mass is 10.0. The highest BCUT2D eigenvalue weighted by molar-refractivity contribution is 5.71. The van der Waals surface area contributed by atoms with Gasteiger partial charge in [0.1, 0.15) is 13.2 Å². The number of allylic oxidation sites excluding steroid dienone is 8. The first kappa shape index (κ1) is 71.4. The van der Waals surface area contributed by atoms with Crippen LogP contribution in [0, 0.1) is 0 Å². The minimum absolute atomic E-state index is 0.0751. The molecular weight excluding hydrogens is 913 g/mol. The summed E-state index contributed by atoms with van der Waals surface area (Å²) >= 11 is 0. The van der Waals surface area contributed by atoms with Crippen LogP contribution in [0.4, 0.5) is 0 Å². The molecule has 0 aliphatic rings.